The molecule has 0 aliphatic rings. The van der Waals surface area contributed by atoms with Crippen LogP contribution in [0.3, 0.4) is 0 Å². The molecule has 0 saturated heterocycles. The minimum absolute atomic E-state index is 0.0828. The summed E-state index contributed by atoms with van der Waals surface area (Å²) in [5.41, 5.74) is 1.91. The summed E-state index contributed by atoms with van der Waals surface area (Å²) >= 11 is 0. The van der Waals surface area contributed by atoms with Gasteiger partial charge in [0, 0.05) is 17.3 Å². The number of nitrogens with zero attached hydrogens (tertiary/aromatic N) is 1. The first kappa shape index (κ1) is 15.9. The fraction of sp³-hybridized carbons (Fsp3) is 0.211. The average molecular weight is 324 g/mol. The summed E-state index contributed by atoms with van der Waals surface area (Å²) in [4.78, 5) is 4.38. The molecule has 3 rings (SSSR count). The molecule has 0 aliphatic heterocycles. The molecule has 0 bridgehead atoms. The number of hydrogen-bond acceptors (Lipinski definition) is 5. The molecular formula is C19H20N2O3. The smallest absolute Gasteiger partial charge is 0.217 e. The van der Waals surface area contributed by atoms with E-state index in [1.807, 2.05) is 55.5 Å². The second-order valence-corrected chi connectivity index (χ2v) is 5.36. The second-order valence-electron chi connectivity index (χ2n) is 5.36. The summed E-state index contributed by atoms with van der Waals surface area (Å²) in [5.74, 6) is 2.75. The van der Waals surface area contributed by atoms with Crippen molar-refractivity contribution < 1.29 is 13.9 Å². The van der Waals surface area contributed by atoms with E-state index in [2.05, 4.69) is 10.3 Å². The third kappa shape index (κ3) is 3.35. The van der Waals surface area contributed by atoms with Gasteiger partial charge in [0.25, 0.3) is 0 Å². The number of methoxy groups -OCH3 is 2. The summed E-state index contributed by atoms with van der Waals surface area (Å²) in [7, 11) is 3.23. The van der Waals surface area contributed by atoms with Crippen molar-refractivity contribution in [2.24, 2.45) is 0 Å². The van der Waals surface area contributed by atoms with Crippen LogP contribution in [-0.4, -0.2) is 19.2 Å². The van der Waals surface area contributed by atoms with E-state index in [1.54, 1.807) is 20.4 Å². The summed E-state index contributed by atoms with van der Waals surface area (Å²) in [5, 5.41) is 3.36. The normalized spacial score (nSPS) is 11.8. The predicted molar refractivity (Wildman–Crippen MR) is 93.5 cm³/mol. The molecule has 1 N–H and O–H groups in total. The zero-order valence-corrected chi connectivity index (χ0v) is 13.9. The Morgan fingerprint density at radius 2 is 1.75 bits per heavy atom. The van der Waals surface area contributed by atoms with Crippen molar-refractivity contribution in [2.45, 2.75) is 13.0 Å². The van der Waals surface area contributed by atoms with Crippen molar-refractivity contribution in [2.75, 3.05) is 19.5 Å². The molecule has 1 aromatic heterocycles. The van der Waals surface area contributed by atoms with E-state index in [0.29, 0.717) is 17.4 Å². The molecule has 0 saturated carbocycles. The molecule has 124 valence electrons. The van der Waals surface area contributed by atoms with Crippen LogP contribution in [0.15, 0.2) is 59.1 Å². The molecule has 0 fully saturated rings. The Morgan fingerprint density at radius 1 is 1.00 bits per heavy atom. The number of aromatic nitrogens is 1. The highest BCUT2D eigenvalue weighted by Gasteiger charge is 2.14. The van der Waals surface area contributed by atoms with Gasteiger partial charge in [-0.15, -0.1) is 0 Å². The topological polar surface area (TPSA) is 56.5 Å². The van der Waals surface area contributed by atoms with E-state index in [1.165, 1.54) is 0 Å². The van der Waals surface area contributed by atoms with Gasteiger partial charge in [-0.05, 0) is 19.1 Å². The van der Waals surface area contributed by atoms with Gasteiger partial charge in [-0.3, -0.25) is 0 Å². The molecule has 5 nitrogen and oxygen atoms in total. The fourth-order valence-corrected chi connectivity index (χ4v) is 2.46. The highest BCUT2D eigenvalue weighted by molar-refractivity contribution is 5.57. The molecular weight excluding hydrogens is 304 g/mol. The number of anilines is 1. The lowest BCUT2D eigenvalue weighted by molar-refractivity contribution is 0.355. The lowest BCUT2D eigenvalue weighted by Gasteiger charge is -2.14. The van der Waals surface area contributed by atoms with Crippen molar-refractivity contribution in [3.8, 4) is 22.8 Å². The molecule has 0 aliphatic carbocycles. The van der Waals surface area contributed by atoms with Crippen LogP contribution in [0.2, 0.25) is 0 Å². The Bertz CT molecular complexity index is 799. The van der Waals surface area contributed by atoms with Crippen LogP contribution in [-0.2, 0) is 0 Å². The van der Waals surface area contributed by atoms with Gasteiger partial charge in [-0.25, -0.2) is 4.98 Å². The van der Waals surface area contributed by atoms with E-state index in [4.69, 9.17) is 13.9 Å². The molecule has 5 heteroatoms. The summed E-state index contributed by atoms with van der Waals surface area (Å²) in [6.45, 7) is 2.00. The van der Waals surface area contributed by atoms with Gasteiger partial charge < -0.3 is 19.2 Å². The van der Waals surface area contributed by atoms with Crippen molar-refractivity contribution in [1.29, 1.82) is 0 Å². The zero-order chi connectivity index (χ0) is 16.9. The van der Waals surface area contributed by atoms with Gasteiger partial charge in [0.05, 0.1) is 20.4 Å². The molecule has 24 heavy (non-hydrogen) atoms. The van der Waals surface area contributed by atoms with Crippen LogP contribution in [0.5, 0.6) is 11.5 Å². The van der Waals surface area contributed by atoms with Crippen LogP contribution in [0.25, 0.3) is 11.3 Å². The Morgan fingerprint density at radius 3 is 2.46 bits per heavy atom. The Hall–Kier alpha value is -2.95. The third-order valence-corrected chi connectivity index (χ3v) is 3.72. The van der Waals surface area contributed by atoms with Crippen LogP contribution < -0.4 is 14.8 Å². The number of nitrogens with one attached hydrogen (secondary N) is 1. The minimum Gasteiger partial charge on any atom is -0.493 e. The highest BCUT2D eigenvalue weighted by Crippen LogP contribution is 2.31. The van der Waals surface area contributed by atoms with E-state index in [-0.39, 0.29) is 6.04 Å². The van der Waals surface area contributed by atoms with Gasteiger partial charge in [-0.2, -0.15) is 0 Å². The van der Waals surface area contributed by atoms with Crippen LogP contribution in [0.1, 0.15) is 18.9 Å². The summed E-state index contributed by atoms with van der Waals surface area (Å²) < 4.78 is 16.4. The first-order valence-corrected chi connectivity index (χ1v) is 7.71. The van der Waals surface area contributed by atoms with E-state index >= 15 is 0 Å². The highest BCUT2D eigenvalue weighted by atomic mass is 16.5. The quantitative estimate of drug-likeness (QED) is 0.722. The molecule has 2 aromatic carbocycles. The zero-order valence-electron chi connectivity index (χ0n) is 13.9. The standard InChI is InChI=1S/C19H20N2O3/c1-13(21-15-9-10-16(22-2)17(11-15)23-3)19-20-12-18(24-19)14-7-5-4-6-8-14/h4-13,21H,1-3H3. The summed E-state index contributed by atoms with van der Waals surface area (Å²) in [6, 6.07) is 15.5. The van der Waals surface area contributed by atoms with Crippen LogP contribution >= 0.6 is 0 Å². The van der Waals surface area contributed by atoms with Crippen molar-refractivity contribution in [3.05, 3.63) is 60.6 Å². The average Bonchev–Trinajstić information content (AvgIpc) is 3.12. The molecule has 3 aromatic rings. The monoisotopic (exact) mass is 324 g/mol. The van der Waals surface area contributed by atoms with Crippen molar-refractivity contribution >= 4 is 5.69 Å². The third-order valence-electron chi connectivity index (χ3n) is 3.72. The maximum atomic E-state index is 5.88. The molecule has 1 heterocycles. The van der Waals surface area contributed by atoms with Gasteiger partial charge >= 0.3 is 0 Å². The molecule has 0 amide bonds. The predicted octanol–water partition coefficient (Wildman–Crippen LogP) is 4.53. The SMILES string of the molecule is COc1ccc(NC(C)c2ncc(-c3ccccc3)o2)cc1OC. The molecule has 1 unspecified atom stereocenters. The summed E-state index contributed by atoms with van der Waals surface area (Å²) in [6.07, 6.45) is 1.75. The number of hydrogen-bond donors (Lipinski definition) is 1. The Kier molecular flexibility index (Phi) is 4.70. The largest absolute Gasteiger partial charge is 0.493 e. The first-order chi connectivity index (χ1) is 11.7. The van der Waals surface area contributed by atoms with Crippen molar-refractivity contribution in [1.82, 2.24) is 4.98 Å². The van der Waals surface area contributed by atoms with Crippen molar-refractivity contribution in [3.63, 3.8) is 0 Å². The molecule has 0 spiro atoms. The van der Waals surface area contributed by atoms with Crippen LogP contribution in [0.4, 0.5) is 5.69 Å². The maximum absolute atomic E-state index is 5.88. The Balaban J connectivity index is 1.76. The van der Waals surface area contributed by atoms with Gasteiger partial charge in [0.15, 0.2) is 17.3 Å². The lowest BCUT2D eigenvalue weighted by Crippen LogP contribution is -2.07. The molecule has 1 atom stereocenters. The second kappa shape index (κ2) is 7.08. The fourth-order valence-electron chi connectivity index (χ4n) is 2.46. The molecule has 0 radical (unpaired) electrons. The minimum atomic E-state index is -0.0828. The lowest BCUT2D eigenvalue weighted by atomic mass is 10.2. The number of benzene rings is 2. The van der Waals surface area contributed by atoms with E-state index in [0.717, 1.165) is 17.0 Å². The van der Waals surface area contributed by atoms with Gasteiger partial charge in [0.2, 0.25) is 5.89 Å². The van der Waals surface area contributed by atoms with Crippen LogP contribution in [0, 0.1) is 0 Å². The van der Waals surface area contributed by atoms with Gasteiger partial charge in [0.1, 0.15) is 6.04 Å². The first-order valence-electron chi connectivity index (χ1n) is 7.71. The van der Waals surface area contributed by atoms with E-state index in [9.17, 15) is 0 Å². The Labute approximate surface area is 141 Å². The number of ether oxygens (including phenoxy) is 2. The number of rotatable bonds is 6. The van der Waals surface area contributed by atoms with Gasteiger partial charge in [-0.1, -0.05) is 30.3 Å². The van der Waals surface area contributed by atoms with E-state index < -0.39 is 0 Å². The maximum Gasteiger partial charge on any atom is 0.217 e. The number of oxazole rings is 1.